The number of carbonyl (C=O) groups is 1. The third kappa shape index (κ3) is 3.54. The van der Waals surface area contributed by atoms with Gasteiger partial charge in [-0.05, 0) is 43.4 Å². The number of aryl methyl sites for hydroxylation is 2. The van der Waals surface area contributed by atoms with Crippen molar-refractivity contribution in [1.82, 2.24) is 9.88 Å². The molecule has 22 heavy (non-hydrogen) atoms. The number of nitrogens with zero attached hydrogens (tertiary/aromatic N) is 1. The number of H-pyrrole nitrogens is 1. The van der Waals surface area contributed by atoms with Crippen molar-refractivity contribution < 1.29 is 9.90 Å². The standard InChI is InChI=1S/C17H22N2O3/c1-11-7-12(2)16-14(8-11)9-15(17(22)18-16)10-19(13(3)21)5-4-6-20/h7-9,20H,4-6,10H2,1-3H3,(H,18,22). The number of aromatic amines is 1. The zero-order valence-electron chi connectivity index (χ0n) is 13.3. The molecule has 0 saturated carbocycles. The van der Waals surface area contributed by atoms with Crippen molar-refractivity contribution in [2.75, 3.05) is 13.2 Å². The number of benzene rings is 1. The highest BCUT2D eigenvalue weighted by atomic mass is 16.3. The Morgan fingerprint density at radius 1 is 1.27 bits per heavy atom. The van der Waals surface area contributed by atoms with E-state index in [0.29, 0.717) is 18.5 Å². The van der Waals surface area contributed by atoms with Crippen molar-refractivity contribution in [2.24, 2.45) is 0 Å². The Morgan fingerprint density at radius 3 is 2.64 bits per heavy atom. The Bertz CT molecular complexity index is 749. The number of aliphatic hydroxyl groups is 1. The highest BCUT2D eigenvalue weighted by Crippen LogP contribution is 2.18. The van der Waals surface area contributed by atoms with Crippen LogP contribution in [0.4, 0.5) is 0 Å². The number of nitrogens with one attached hydrogen (secondary N) is 1. The Hall–Kier alpha value is -2.14. The number of amides is 1. The lowest BCUT2D eigenvalue weighted by Crippen LogP contribution is -2.32. The second-order valence-electron chi connectivity index (χ2n) is 5.69. The van der Waals surface area contributed by atoms with Crippen molar-refractivity contribution in [3.8, 4) is 0 Å². The molecule has 0 fully saturated rings. The van der Waals surface area contributed by atoms with Gasteiger partial charge in [0.2, 0.25) is 5.91 Å². The van der Waals surface area contributed by atoms with Gasteiger partial charge in [0.25, 0.3) is 5.56 Å². The third-order valence-electron chi connectivity index (χ3n) is 3.76. The van der Waals surface area contributed by atoms with Gasteiger partial charge in [0.05, 0.1) is 12.1 Å². The topological polar surface area (TPSA) is 73.4 Å². The lowest BCUT2D eigenvalue weighted by atomic mass is 10.1. The molecule has 0 unspecified atom stereocenters. The van der Waals surface area contributed by atoms with E-state index in [2.05, 4.69) is 4.98 Å². The van der Waals surface area contributed by atoms with Crippen LogP contribution in [0.15, 0.2) is 23.0 Å². The molecule has 2 rings (SSSR count). The van der Waals surface area contributed by atoms with E-state index in [4.69, 9.17) is 5.11 Å². The largest absolute Gasteiger partial charge is 0.396 e. The van der Waals surface area contributed by atoms with E-state index in [9.17, 15) is 9.59 Å². The van der Waals surface area contributed by atoms with Gasteiger partial charge in [0, 0.05) is 25.6 Å². The summed E-state index contributed by atoms with van der Waals surface area (Å²) in [5.74, 6) is -0.103. The molecule has 5 nitrogen and oxygen atoms in total. The zero-order valence-corrected chi connectivity index (χ0v) is 13.3. The first-order chi connectivity index (χ1) is 10.4. The lowest BCUT2D eigenvalue weighted by molar-refractivity contribution is -0.129. The molecule has 0 aliphatic rings. The predicted octanol–water partition coefficient (Wildman–Crippen LogP) is 1.88. The summed E-state index contributed by atoms with van der Waals surface area (Å²) in [5.41, 5.74) is 3.39. The molecule has 0 aliphatic heterocycles. The molecule has 2 N–H and O–H groups in total. The van der Waals surface area contributed by atoms with E-state index < -0.39 is 0 Å². The monoisotopic (exact) mass is 302 g/mol. The maximum Gasteiger partial charge on any atom is 0.253 e. The van der Waals surface area contributed by atoms with E-state index in [0.717, 1.165) is 22.0 Å². The maximum atomic E-state index is 12.3. The van der Waals surface area contributed by atoms with Crippen molar-refractivity contribution in [3.63, 3.8) is 0 Å². The van der Waals surface area contributed by atoms with Gasteiger partial charge in [-0.25, -0.2) is 0 Å². The average molecular weight is 302 g/mol. The first-order valence-electron chi connectivity index (χ1n) is 7.42. The Labute approximate surface area is 129 Å². The van der Waals surface area contributed by atoms with Crippen LogP contribution in [-0.4, -0.2) is 34.0 Å². The minimum absolute atomic E-state index is 0.0241. The van der Waals surface area contributed by atoms with Crippen molar-refractivity contribution in [1.29, 1.82) is 0 Å². The molecule has 2 aromatic rings. The van der Waals surface area contributed by atoms with Crippen LogP contribution < -0.4 is 5.56 Å². The fourth-order valence-electron chi connectivity index (χ4n) is 2.66. The lowest BCUT2D eigenvalue weighted by Gasteiger charge is -2.20. The highest BCUT2D eigenvalue weighted by molar-refractivity contribution is 5.83. The summed E-state index contributed by atoms with van der Waals surface area (Å²) in [4.78, 5) is 28.4. The molecule has 0 aliphatic carbocycles. The Balaban J connectivity index is 2.40. The smallest absolute Gasteiger partial charge is 0.253 e. The highest BCUT2D eigenvalue weighted by Gasteiger charge is 2.13. The SMILES string of the molecule is CC(=O)N(CCCO)Cc1cc2cc(C)cc(C)c2[nH]c1=O. The molecule has 0 radical (unpaired) electrons. The van der Waals surface area contributed by atoms with Crippen LogP contribution in [0.5, 0.6) is 0 Å². The fraction of sp³-hybridized carbons (Fsp3) is 0.412. The Kier molecular flexibility index (Phi) is 4.98. The number of rotatable bonds is 5. The van der Waals surface area contributed by atoms with Crippen molar-refractivity contribution in [2.45, 2.75) is 33.7 Å². The second kappa shape index (κ2) is 6.75. The summed E-state index contributed by atoms with van der Waals surface area (Å²) in [6.45, 7) is 6.18. The summed E-state index contributed by atoms with van der Waals surface area (Å²) in [5, 5.41) is 9.88. The van der Waals surface area contributed by atoms with Crippen molar-refractivity contribution in [3.05, 3.63) is 45.2 Å². The van der Waals surface area contributed by atoms with Gasteiger partial charge in [0.15, 0.2) is 0 Å². The number of carbonyl (C=O) groups excluding carboxylic acids is 1. The third-order valence-corrected chi connectivity index (χ3v) is 3.76. The molecule has 1 heterocycles. The summed E-state index contributed by atoms with van der Waals surface area (Å²) in [6, 6.07) is 5.90. The number of fused-ring (bicyclic) bond motifs is 1. The minimum Gasteiger partial charge on any atom is -0.396 e. The van der Waals surface area contributed by atoms with E-state index in [1.54, 1.807) is 4.90 Å². The van der Waals surface area contributed by atoms with Crippen LogP contribution in [0.1, 0.15) is 30.0 Å². The van der Waals surface area contributed by atoms with Gasteiger partial charge in [0.1, 0.15) is 0 Å². The molecular formula is C17H22N2O3. The zero-order chi connectivity index (χ0) is 16.3. The van der Waals surface area contributed by atoms with Crippen LogP contribution >= 0.6 is 0 Å². The number of pyridine rings is 1. The van der Waals surface area contributed by atoms with Crippen LogP contribution in [-0.2, 0) is 11.3 Å². The average Bonchev–Trinajstić information content (AvgIpc) is 2.44. The van der Waals surface area contributed by atoms with Gasteiger partial charge >= 0.3 is 0 Å². The normalized spacial score (nSPS) is 10.9. The quantitative estimate of drug-likeness (QED) is 0.885. The van der Waals surface area contributed by atoms with Crippen LogP contribution in [0.3, 0.4) is 0 Å². The number of hydrogen-bond donors (Lipinski definition) is 2. The van der Waals surface area contributed by atoms with Gasteiger partial charge < -0.3 is 15.0 Å². The number of aliphatic hydroxyl groups excluding tert-OH is 1. The fourth-order valence-corrected chi connectivity index (χ4v) is 2.66. The molecule has 0 saturated heterocycles. The van der Waals surface area contributed by atoms with E-state index in [1.165, 1.54) is 6.92 Å². The molecule has 1 aromatic heterocycles. The van der Waals surface area contributed by atoms with Crippen LogP contribution in [0, 0.1) is 13.8 Å². The molecule has 0 atom stereocenters. The summed E-state index contributed by atoms with van der Waals surface area (Å²) >= 11 is 0. The van der Waals surface area contributed by atoms with E-state index in [-0.39, 0.29) is 24.6 Å². The van der Waals surface area contributed by atoms with Gasteiger partial charge in [-0.1, -0.05) is 11.6 Å². The molecule has 118 valence electrons. The summed E-state index contributed by atoms with van der Waals surface area (Å²) in [6.07, 6.45) is 0.503. The van der Waals surface area contributed by atoms with Gasteiger partial charge in [-0.15, -0.1) is 0 Å². The molecule has 1 amide bonds. The summed E-state index contributed by atoms with van der Waals surface area (Å²) < 4.78 is 0. The maximum absolute atomic E-state index is 12.3. The van der Waals surface area contributed by atoms with Gasteiger partial charge in [-0.2, -0.15) is 0 Å². The van der Waals surface area contributed by atoms with Crippen LogP contribution in [0.2, 0.25) is 0 Å². The van der Waals surface area contributed by atoms with E-state index >= 15 is 0 Å². The van der Waals surface area contributed by atoms with Crippen LogP contribution in [0.25, 0.3) is 10.9 Å². The first-order valence-corrected chi connectivity index (χ1v) is 7.42. The summed E-state index contributed by atoms with van der Waals surface area (Å²) in [7, 11) is 0. The Morgan fingerprint density at radius 2 is 2.00 bits per heavy atom. The van der Waals surface area contributed by atoms with E-state index in [1.807, 2.05) is 32.0 Å². The molecular weight excluding hydrogens is 280 g/mol. The molecule has 0 bridgehead atoms. The molecule has 1 aromatic carbocycles. The second-order valence-corrected chi connectivity index (χ2v) is 5.69. The predicted molar refractivity (Wildman–Crippen MR) is 86.8 cm³/mol. The number of hydrogen-bond acceptors (Lipinski definition) is 3. The number of aromatic nitrogens is 1. The first kappa shape index (κ1) is 16.2. The minimum atomic E-state index is -0.172. The molecule has 5 heteroatoms. The molecule has 0 spiro atoms. The van der Waals surface area contributed by atoms with Crippen molar-refractivity contribution >= 4 is 16.8 Å². The van der Waals surface area contributed by atoms with Gasteiger partial charge in [-0.3, -0.25) is 9.59 Å².